The number of hydrogen-bond acceptors (Lipinski definition) is 7. The molecule has 2 fully saturated rings. The van der Waals surface area contributed by atoms with E-state index < -0.39 is 0 Å². The Morgan fingerprint density at radius 2 is 1.44 bits per heavy atom. The van der Waals surface area contributed by atoms with Gasteiger partial charge in [0.1, 0.15) is 0 Å². The molecule has 7 nitrogen and oxygen atoms in total. The van der Waals surface area contributed by atoms with Crippen molar-refractivity contribution in [1.29, 1.82) is 0 Å². The molecule has 2 aromatic heterocycles. The molecule has 25 heavy (non-hydrogen) atoms. The van der Waals surface area contributed by atoms with E-state index in [1.54, 1.807) is 12.4 Å². The number of hydrogen-bond donors (Lipinski definition) is 0. The SMILES string of the molecule is Cc1cc(N2CCCCC2)c(N2CCN(c3ncccn3)CC2)nn1. The van der Waals surface area contributed by atoms with Gasteiger partial charge in [-0.05, 0) is 38.3 Å². The number of aryl methyl sites for hydroxylation is 1. The summed E-state index contributed by atoms with van der Waals surface area (Å²) in [4.78, 5) is 15.8. The van der Waals surface area contributed by atoms with Crippen LogP contribution in [-0.4, -0.2) is 59.4 Å². The third-order valence-corrected chi connectivity index (χ3v) is 4.99. The van der Waals surface area contributed by atoms with E-state index in [9.17, 15) is 0 Å². The van der Waals surface area contributed by atoms with Gasteiger partial charge in [-0.25, -0.2) is 9.97 Å². The normalized spacial score (nSPS) is 18.5. The van der Waals surface area contributed by atoms with E-state index in [1.807, 2.05) is 13.0 Å². The molecule has 0 saturated carbocycles. The molecule has 4 heterocycles. The Morgan fingerprint density at radius 3 is 2.16 bits per heavy atom. The fraction of sp³-hybridized carbons (Fsp3) is 0.556. The average molecular weight is 339 g/mol. The van der Waals surface area contributed by atoms with Gasteiger partial charge in [-0.1, -0.05) is 0 Å². The maximum atomic E-state index is 4.56. The molecule has 132 valence electrons. The summed E-state index contributed by atoms with van der Waals surface area (Å²) < 4.78 is 0. The fourth-order valence-corrected chi connectivity index (χ4v) is 3.63. The van der Waals surface area contributed by atoms with E-state index in [0.717, 1.165) is 56.7 Å². The minimum Gasteiger partial charge on any atom is -0.368 e. The minimum absolute atomic E-state index is 0.813. The van der Waals surface area contributed by atoms with Crippen molar-refractivity contribution in [2.75, 3.05) is 54.0 Å². The number of aromatic nitrogens is 4. The maximum absolute atomic E-state index is 4.56. The van der Waals surface area contributed by atoms with Crippen molar-refractivity contribution in [3.8, 4) is 0 Å². The third kappa shape index (κ3) is 3.50. The van der Waals surface area contributed by atoms with E-state index in [4.69, 9.17) is 0 Å². The van der Waals surface area contributed by atoms with Crippen LogP contribution in [-0.2, 0) is 0 Å². The first-order valence-corrected chi connectivity index (χ1v) is 9.17. The summed E-state index contributed by atoms with van der Waals surface area (Å²) >= 11 is 0. The molecule has 2 aromatic rings. The van der Waals surface area contributed by atoms with Crippen LogP contribution in [0.5, 0.6) is 0 Å². The highest BCUT2D eigenvalue weighted by molar-refractivity contribution is 5.67. The van der Waals surface area contributed by atoms with Crippen molar-refractivity contribution in [3.05, 3.63) is 30.2 Å². The molecular weight excluding hydrogens is 314 g/mol. The summed E-state index contributed by atoms with van der Waals surface area (Å²) in [6.45, 7) is 7.90. The van der Waals surface area contributed by atoms with Crippen LogP contribution >= 0.6 is 0 Å². The van der Waals surface area contributed by atoms with Gasteiger partial charge in [-0.15, -0.1) is 5.10 Å². The lowest BCUT2D eigenvalue weighted by molar-refractivity contribution is 0.573. The van der Waals surface area contributed by atoms with Gasteiger partial charge in [0.2, 0.25) is 5.95 Å². The lowest BCUT2D eigenvalue weighted by Gasteiger charge is -2.38. The highest BCUT2D eigenvalue weighted by atomic mass is 15.4. The Hall–Kier alpha value is -2.44. The van der Waals surface area contributed by atoms with Gasteiger partial charge in [-0.3, -0.25) is 0 Å². The van der Waals surface area contributed by atoms with Crippen molar-refractivity contribution in [1.82, 2.24) is 20.2 Å². The second-order valence-electron chi connectivity index (χ2n) is 6.77. The van der Waals surface area contributed by atoms with Crippen LogP contribution in [0.15, 0.2) is 24.5 Å². The summed E-state index contributed by atoms with van der Waals surface area (Å²) in [5, 5.41) is 8.89. The molecule has 7 heteroatoms. The number of piperidine rings is 1. The molecule has 0 radical (unpaired) electrons. The smallest absolute Gasteiger partial charge is 0.225 e. The van der Waals surface area contributed by atoms with Crippen molar-refractivity contribution >= 4 is 17.5 Å². The quantitative estimate of drug-likeness (QED) is 0.846. The van der Waals surface area contributed by atoms with Gasteiger partial charge >= 0.3 is 0 Å². The summed E-state index contributed by atoms with van der Waals surface area (Å²) in [6.07, 6.45) is 7.46. The first-order chi connectivity index (χ1) is 12.3. The zero-order valence-corrected chi connectivity index (χ0v) is 14.8. The van der Waals surface area contributed by atoms with Crippen LogP contribution in [0.2, 0.25) is 0 Å². The van der Waals surface area contributed by atoms with Crippen LogP contribution < -0.4 is 14.7 Å². The van der Waals surface area contributed by atoms with Gasteiger partial charge in [0, 0.05) is 51.7 Å². The molecule has 0 spiro atoms. The van der Waals surface area contributed by atoms with E-state index in [0.29, 0.717) is 0 Å². The Bertz CT molecular complexity index is 692. The molecular formula is C18H25N7. The molecule has 0 unspecified atom stereocenters. The molecule has 0 aliphatic carbocycles. The zero-order valence-electron chi connectivity index (χ0n) is 14.8. The molecule has 2 aliphatic heterocycles. The lowest BCUT2D eigenvalue weighted by atomic mass is 10.1. The van der Waals surface area contributed by atoms with Crippen molar-refractivity contribution in [2.45, 2.75) is 26.2 Å². The molecule has 0 N–H and O–H groups in total. The van der Waals surface area contributed by atoms with Crippen LogP contribution in [0.1, 0.15) is 25.0 Å². The van der Waals surface area contributed by atoms with Crippen LogP contribution in [0.4, 0.5) is 17.5 Å². The zero-order chi connectivity index (χ0) is 17.1. The maximum Gasteiger partial charge on any atom is 0.225 e. The predicted molar refractivity (Wildman–Crippen MR) is 99.3 cm³/mol. The fourth-order valence-electron chi connectivity index (χ4n) is 3.63. The first-order valence-electron chi connectivity index (χ1n) is 9.17. The van der Waals surface area contributed by atoms with Crippen molar-refractivity contribution in [3.63, 3.8) is 0 Å². The monoisotopic (exact) mass is 339 g/mol. The number of anilines is 3. The van der Waals surface area contributed by atoms with Crippen molar-refractivity contribution in [2.24, 2.45) is 0 Å². The molecule has 2 saturated heterocycles. The van der Waals surface area contributed by atoms with Crippen molar-refractivity contribution < 1.29 is 0 Å². The standard InChI is InChI=1S/C18H25N7/c1-15-14-16(23-8-3-2-4-9-23)17(22-21-15)24-10-12-25(13-11-24)18-19-6-5-7-20-18/h5-7,14H,2-4,8-13H2,1H3. The summed E-state index contributed by atoms with van der Waals surface area (Å²) in [6, 6.07) is 4.05. The van der Waals surface area contributed by atoms with Gasteiger partial charge in [0.15, 0.2) is 5.82 Å². The molecule has 0 bridgehead atoms. The Morgan fingerprint density at radius 1 is 0.760 bits per heavy atom. The summed E-state index contributed by atoms with van der Waals surface area (Å²) in [5.74, 6) is 1.84. The predicted octanol–water partition coefficient (Wildman–Crippen LogP) is 1.89. The van der Waals surface area contributed by atoms with Gasteiger partial charge in [0.05, 0.1) is 11.4 Å². The topological polar surface area (TPSA) is 61.3 Å². The second-order valence-corrected chi connectivity index (χ2v) is 6.77. The average Bonchev–Trinajstić information content (AvgIpc) is 2.69. The Labute approximate surface area is 148 Å². The van der Waals surface area contributed by atoms with Gasteiger partial charge in [-0.2, -0.15) is 5.10 Å². The molecule has 0 aromatic carbocycles. The highest BCUT2D eigenvalue weighted by Gasteiger charge is 2.24. The molecule has 0 atom stereocenters. The first kappa shape index (κ1) is 16.1. The number of nitrogens with zero attached hydrogens (tertiary/aromatic N) is 7. The summed E-state index contributed by atoms with van der Waals surface area (Å²) in [7, 11) is 0. The van der Waals surface area contributed by atoms with E-state index >= 15 is 0 Å². The van der Waals surface area contributed by atoms with E-state index in [1.165, 1.54) is 24.9 Å². The van der Waals surface area contributed by atoms with Crippen LogP contribution in [0, 0.1) is 6.92 Å². The van der Waals surface area contributed by atoms with Gasteiger partial charge < -0.3 is 14.7 Å². The molecule has 0 amide bonds. The lowest BCUT2D eigenvalue weighted by Crippen LogP contribution is -2.48. The molecule has 2 aliphatic rings. The van der Waals surface area contributed by atoms with Crippen LogP contribution in [0.25, 0.3) is 0 Å². The molecule has 4 rings (SSSR count). The number of piperazine rings is 1. The Kier molecular flexibility index (Phi) is 4.63. The second kappa shape index (κ2) is 7.21. The van der Waals surface area contributed by atoms with E-state index in [2.05, 4.69) is 40.9 Å². The van der Waals surface area contributed by atoms with E-state index in [-0.39, 0.29) is 0 Å². The summed E-state index contributed by atoms with van der Waals surface area (Å²) in [5.41, 5.74) is 2.23. The highest BCUT2D eigenvalue weighted by Crippen LogP contribution is 2.30. The minimum atomic E-state index is 0.813. The van der Waals surface area contributed by atoms with Crippen LogP contribution in [0.3, 0.4) is 0 Å². The third-order valence-electron chi connectivity index (χ3n) is 4.99. The number of rotatable bonds is 3. The van der Waals surface area contributed by atoms with Gasteiger partial charge in [0.25, 0.3) is 0 Å². The Balaban J connectivity index is 1.51. The largest absolute Gasteiger partial charge is 0.368 e.